The lowest BCUT2D eigenvalue weighted by atomic mass is 10.0. The molecule has 0 aromatic heterocycles. The van der Waals surface area contributed by atoms with Gasteiger partial charge < -0.3 is 82.6 Å². The number of carbonyl (C=O) groups excluding carboxylic acids is 3. The van der Waals surface area contributed by atoms with Crippen LogP contribution in [0.2, 0.25) is 0 Å². The average Bonchev–Trinajstić information content (AvgIpc) is 3.31. The first kappa shape index (κ1) is 60.7. The lowest BCUT2D eigenvalue weighted by molar-refractivity contribution is -0.132. The maximum Gasteiger partial charge on any atom is 0.506 e. The van der Waals surface area contributed by atoms with E-state index in [1.165, 1.54) is 6.92 Å². The van der Waals surface area contributed by atoms with Crippen LogP contribution in [0.4, 0.5) is 10.5 Å². The highest BCUT2D eigenvalue weighted by molar-refractivity contribution is 5.98. The van der Waals surface area contributed by atoms with Crippen molar-refractivity contribution in [1.29, 1.82) is 0 Å². The number of azide groups is 1. The van der Waals surface area contributed by atoms with Gasteiger partial charge in [-0.05, 0) is 36.1 Å². The second-order valence-electron chi connectivity index (χ2n) is 14.3. The van der Waals surface area contributed by atoms with Crippen LogP contribution in [0.1, 0.15) is 32.8 Å². The minimum Gasteiger partial charge on any atom is -0.450 e. The first-order valence-corrected chi connectivity index (χ1v) is 22.4. The summed E-state index contributed by atoms with van der Waals surface area (Å²) in [6.07, 6.45) is -1.35. The van der Waals surface area contributed by atoms with Crippen molar-refractivity contribution in [2.24, 2.45) is 11.0 Å². The Labute approximate surface area is 393 Å². The number of ether oxygens (including phenoxy) is 13. The van der Waals surface area contributed by atoms with Gasteiger partial charge in [0.15, 0.2) is 0 Å². The van der Waals surface area contributed by atoms with Crippen molar-refractivity contribution in [1.82, 2.24) is 10.6 Å². The van der Waals surface area contributed by atoms with Gasteiger partial charge in [0.05, 0.1) is 159 Å². The molecular weight excluding hydrogens is 888 g/mol. The van der Waals surface area contributed by atoms with Crippen molar-refractivity contribution in [3.05, 3.63) is 40.3 Å². The number of benzene rings is 1. The molecule has 0 fully saturated rings. The van der Waals surface area contributed by atoms with E-state index in [-0.39, 0.29) is 38.1 Å². The second-order valence-corrected chi connectivity index (χ2v) is 14.3. The summed E-state index contributed by atoms with van der Waals surface area (Å²) in [6, 6.07) is 4.64. The van der Waals surface area contributed by atoms with Crippen molar-refractivity contribution >= 4 is 29.6 Å². The number of carboxylic acid groups (broad SMARTS) is 1. The molecule has 0 unspecified atom stereocenters. The van der Waals surface area contributed by atoms with E-state index in [1.54, 1.807) is 38.1 Å². The molecular formula is C43H74N6O18. The van der Waals surface area contributed by atoms with Crippen LogP contribution in [0.3, 0.4) is 0 Å². The Bertz CT molecular complexity index is 1440. The minimum absolute atomic E-state index is 0.0366. The summed E-state index contributed by atoms with van der Waals surface area (Å²) < 4.78 is 69.9. The lowest BCUT2D eigenvalue weighted by Crippen LogP contribution is -2.53. The van der Waals surface area contributed by atoms with Gasteiger partial charge in [-0.25, -0.2) is 4.79 Å². The molecule has 0 heterocycles. The van der Waals surface area contributed by atoms with Crippen molar-refractivity contribution in [2.75, 3.05) is 170 Å². The van der Waals surface area contributed by atoms with E-state index in [2.05, 4.69) is 30.7 Å². The van der Waals surface area contributed by atoms with Crippen LogP contribution in [0.5, 0.6) is 0 Å². The fourth-order valence-electron chi connectivity index (χ4n) is 5.07. The van der Waals surface area contributed by atoms with Crippen LogP contribution >= 0.6 is 0 Å². The Morgan fingerprint density at radius 1 is 0.537 bits per heavy atom. The van der Waals surface area contributed by atoms with Crippen molar-refractivity contribution in [3.63, 3.8) is 0 Å². The van der Waals surface area contributed by atoms with E-state index in [0.717, 1.165) is 0 Å². The number of rotatable bonds is 47. The molecule has 3 amide bonds. The molecule has 4 N–H and O–H groups in total. The third kappa shape index (κ3) is 38.4. The zero-order valence-electron chi connectivity index (χ0n) is 39.4. The fraction of sp³-hybridized carbons (Fsp3) is 0.767. The van der Waals surface area contributed by atoms with Gasteiger partial charge in [0, 0.05) is 23.6 Å². The lowest BCUT2D eigenvalue weighted by Gasteiger charge is -2.24. The van der Waals surface area contributed by atoms with Crippen LogP contribution in [-0.4, -0.2) is 206 Å². The molecule has 1 aromatic carbocycles. The van der Waals surface area contributed by atoms with Gasteiger partial charge in [-0.2, -0.15) is 0 Å². The Morgan fingerprint density at radius 3 is 1.24 bits per heavy atom. The van der Waals surface area contributed by atoms with E-state index < -0.39 is 30.1 Å². The number of nitrogens with one attached hydrogen (secondary N) is 3. The number of carbonyl (C=O) groups is 4. The van der Waals surface area contributed by atoms with Crippen LogP contribution in [0.25, 0.3) is 10.4 Å². The molecule has 0 aliphatic rings. The zero-order valence-corrected chi connectivity index (χ0v) is 39.4. The highest BCUT2D eigenvalue weighted by Crippen LogP contribution is 2.11. The van der Waals surface area contributed by atoms with Crippen LogP contribution in [0.15, 0.2) is 29.4 Å². The molecule has 24 nitrogen and oxygen atoms in total. The number of anilines is 1. The van der Waals surface area contributed by atoms with Gasteiger partial charge in [-0.15, -0.1) is 0 Å². The maximum atomic E-state index is 12.9. The standard InChI is InChI=1S/C43H74N6O18/c1-35(2)40(42(52)46-36(3)41(51)47-38-6-4-37(5-7-38)34-67-43(53)54)48-39(50)8-10-55-12-14-57-16-18-59-20-22-61-24-26-63-28-30-65-32-33-66-31-29-64-27-25-62-23-21-60-19-17-58-15-13-56-11-9-45-49-44/h4-7,35-36,40H,8-34H2,1-3H3,(H,46,52)(H,47,51)(H,48,50)(H,53,54)/t36-,40-/m0/s1. The van der Waals surface area contributed by atoms with Crippen LogP contribution in [-0.2, 0) is 82.6 Å². The molecule has 384 valence electrons. The molecule has 0 saturated heterocycles. The quantitative estimate of drug-likeness (QED) is 0.0240. The number of hydrogen-bond acceptors (Lipinski definition) is 18. The highest BCUT2D eigenvalue weighted by atomic mass is 16.7. The largest absolute Gasteiger partial charge is 0.506 e. The van der Waals surface area contributed by atoms with Gasteiger partial charge in [0.25, 0.3) is 0 Å². The first-order valence-electron chi connectivity index (χ1n) is 22.4. The predicted octanol–water partition coefficient (Wildman–Crippen LogP) is 2.36. The molecule has 0 aliphatic heterocycles. The minimum atomic E-state index is -1.39. The normalized spacial score (nSPS) is 12.1. The summed E-state index contributed by atoms with van der Waals surface area (Å²) in [5.74, 6) is -1.59. The molecule has 0 bridgehead atoms. The SMILES string of the molecule is CC(C)[C@H](NC(=O)CCOCCOCCOCCOCCOCCOCCOCCOCCOCCOCCOCCOCCN=[N+]=[N-])C(=O)N[C@@H](C)C(=O)Nc1ccc(COC(=O)O)cc1. The van der Waals surface area contributed by atoms with Crippen LogP contribution in [0, 0.1) is 5.92 Å². The molecule has 24 heteroatoms. The topological polar surface area (TPSA) is 293 Å². The van der Waals surface area contributed by atoms with Crippen molar-refractivity contribution in [2.45, 2.75) is 45.9 Å². The van der Waals surface area contributed by atoms with Gasteiger partial charge in [-0.3, -0.25) is 14.4 Å². The summed E-state index contributed by atoms with van der Waals surface area (Å²) in [6.45, 7) is 15.3. The number of hydrogen-bond donors (Lipinski definition) is 4. The van der Waals surface area contributed by atoms with Gasteiger partial charge in [0.2, 0.25) is 17.7 Å². The molecule has 0 radical (unpaired) electrons. The zero-order chi connectivity index (χ0) is 48.8. The monoisotopic (exact) mass is 963 g/mol. The Balaban J connectivity index is 1.85. The molecule has 0 saturated carbocycles. The van der Waals surface area contributed by atoms with Crippen LogP contribution < -0.4 is 16.0 Å². The molecule has 2 atom stereocenters. The van der Waals surface area contributed by atoms with Gasteiger partial charge >= 0.3 is 6.16 Å². The third-order valence-electron chi connectivity index (χ3n) is 8.57. The summed E-state index contributed by atoms with van der Waals surface area (Å²) in [7, 11) is 0. The van der Waals surface area contributed by atoms with Gasteiger partial charge in [0.1, 0.15) is 18.7 Å². The Kier molecular flexibility index (Phi) is 40.1. The molecule has 0 aliphatic carbocycles. The van der Waals surface area contributed by atoms with Gasteiger partial charge in [-0.1, -0.05) is 31.1 Å². The average molecular weight is 963 g/mol. The summed E-state index contributed by atoms with van der Waals surface area (Å²) in [5, 5.41) is 20.0. The summed E-state index contributed by atoms with van der Waals surface area (Å²) in [5.41, 5.74) is 9.22. The number of nitrogens with zero attached hydrogens (tertiary/aromatic N) is 3. The summed E-state index contributed by atoms with van der Waals surface area (Å²) >= 11 is 0. The van der Waals surface area contributed by atoms with Crippen molar-refractivity contribution in [3.8, 4) is 0 Å². The maximum absolute atomic E-state index is 12.9. The Morgan fingerprint density at radius 2 is 0.896 bits per heavy atom. The predicted molar refractivity (Wildman–Crippen MR) is 241 cm³/mol. The summed E-state index contributed by atoms with van der Waals surface area (Å²) in [4.78, 5) is 51.3. The van der Waals surface area contributed by atoms with E-state index >= 15 is 0 Å². The van der Waals surface area contributed by atoms with Crippen molar-refractivity contribution < 1.29 is 85.9 Å². The molecule has 67 heavy (non-hydrogen) atoms. The second kappa shape index (κ2) is 44.2. The third-order valence-corrected chi connectivity index (χ3v) is 8.57. The Hall–Kier alpha value is -4.27. The van der Waals surface area contributed by atoms with E-state index in [0.29, 0.717) is 163 Å². The highest BCUT2D eigenvalue weighted by Gasteiger charge is 2.27. The smallest absolute Gasteiger partial charge is 0.450 e. The molecule has 1 rings (SSSR count). The first-order chi connectivity index (χ1) is 32.6. The fourth-order valence-corrected chi connectivity index (χ4v) is 5.07. The molecule has 1 aromatic rings. The van der Waals surface area contributed by atoms with E-state index in [1.807, 2.05) is 0 Å². The number of amides is 3. The van der Waals surface area contributed by atoms with E-state index in [4.69, 9.17) is 67.5 Å². The molecule has 0 spiro atoms. The van der Waals surface area contributed by atoms with E-state index in [9.17, 15) is 19.2 Å².